The number of nitro benzene ring substituents is 1. The summed E-state index contributed by atoms with van der Waals surface area (Å²) in [6, 6.07) is 17.0. The number of nitrogens with zero attached hydrogens (tertiary/aromatic N) is 3. The molecule has 7 heteroatoms. The van der Waals surface area contributed by atoms with Crippen molar-refractivity contribution in [1.82, 2.24) is 9.13 Å². The van der Waals surface area contributed by atoms with Crippen LogP contribution in [0.2, 0.25) is 0 Å². The number of carbonyl (C=O) groups excluding carboxylic acids is 1. The number of carbonyl (C=O) groups is 1. The normalized spacial score (nSPS) is 12.2. The molecule has 7 nitrogen and oxygen atoms in total. The lowest BCUT2D eigenvalue weighted by Crippen LogP contribution is -2.20. The molecule has 5 rings (SSSR count). The van der Waals surface area contributed by atoms with Gasteiger partial charge in [-0.2, -0.15) is 0 Å². The topological polar surface area (TPSA) is 87.1 Å². The highest BCUT2D eigenvalue weighted by Gasteiger charge is 2.32. The Balaban J connectivity index is 1.83. The summed E-state index contributed by atoms with van der Waals surface area (Å²) in [5.74, 6) is -0.349. The molecule has 4 aromatic rings. The lowest BCUT2D eigenvalue weighted by Gasteiger charge is -2.16. The molecule has 1 aliphatic rings. The van der Waals surface area contributed by atoms with Crippen molar-refractivity contribution in [3.63, 3.8) is 0 Å². The lowest BCUT2D eigenvalue weighted by atomic mass is 10.1. The van der Waals surface area contributed by atoms with Crippen LogP contribution < -0.4 is 5.43 Å². The molecule has 0 spiro atoms. The van der Waals surface area contributed by atoms with Crippen molar-refractivity contribution >= 4 is 22.5 Å². The van der Waals surface area contributed by atoms with Crippen molar-refractivity contribution in [3.8, 4) is 11.4 Å². The first-order valence-electron chi connectivity index (χ1n) is 8.67. The second-order valence-electron chi connectivity index (χ2n) is 6.65. The number of hydrogen-bond donors (Lipinski definition) is 0. The van der Waals surface area contributed by atoms with Gasteiger partial charge in [-0.1, -0.05) is 24.3 Å². The molecule has 0 bridgehead atoms. The highest BCUT2D eigenvalue weighted by Crippen LogP contribution is 2.33. The minimum absolute atomic E-state index is 0.000975. The predicted octanol–water partition coefficient (Wildman–Crippen LogP) is 3.43. The summed E-state index contributed by atoms with van der Waals surface area (Å²) in [7, 11) is 0. The number of hydrogen-bond acceptors (Lipinski definition) is 4. The largest absolute Gasteiger partial charge is 0.334 e. The van der Waals surface area contributed by atoms with Crippen LogP contribution in [0.25, 0.3) is 22.3 Å². The number of fused-ring (bicyclic) bond motifs is 4. The number of pyridine rings is 1. The van der Waals surface area contributed by atoms with Crippen molar-refractivity contribution in [2.24, 2.45) is 0 Å². The SMILES string of the molecule is O=C1c2c(n(Cc3cccc([N+](=O)[O-])c3)c3ccccc3c2=O)-c2cccn21. The quantitative estimate of drug-likeness (QED) is 0.359. The summed E-state index contributed by atoms with van der Waals surface area (Å²) in [6.45, 7) is 0.295. The highest BCUT2D eigenvalue weighted by atomic mass is 16.6. The van der Waals surface area contributed by atoms with Gasteiger partial charge >= 0.3 is 0 Å². The summed E-state index contributed by atoms with van der Waals surface area (Å²) >= 11 is 0. The van der Waals surface area contributed by atoms with Crippen molar-refractivity contribution in [1.29, 1.82) is 0 Å². The predicted molar refractivity (Wildman–Crippen MR) is 104 cm³/mol. The Morgan fingerprint density at radius 2 is 1.79 bits per heavy atom. The molecular formula is C21H13N3O4. The molecule has 0 saturated carbocycles. The molecular weight excluding hydrogens is 358 g/mol. The van der Waals surface area contributed by atoms with Crippen LogP contribution >= 0.6 is 0 Å². The molecule has 0 aliphatic carbocycles. The van der Waals surface area contributed by atoms with Crippen LogP contribution in [-0.2, 0) is 6.54 Å². The van der Waals surface area contributed by atoms with Gasteiger partial charge in [-0.25, -0.2) is 0 Å². The molecule has 0 unspecified atom stereocenters. The van der Waals surface area contributed by atoms with Crippen molar-refractivity contribution in [3.05, 3.63) is 98.3 Å². The Morgan fingerprint density at radius 1 is 0.964 bits per heavy atom. The van der Waals surface area contributed by atoms with Crippen LogP contribution in [-0.4, -0.2) is 20.0 Å². The summed E-state index contributed by atoms with van der Waals surface area (Å²) < 4.78 is 3.36. The Labute approximate surface area is 158 Å². The maximum Gasteiger partial charge on any atom is 0.269 e. The smallest absolute Gasteiger partial charge is 0.269 e. The van der Waals surface area contributed by atoms with E-state index in [1.54, 1.807) is 42.6 Å². The summed E-state index contributed by atoms with van der Waals surface area (Å²) in [4.78, 5) is 36.5. The van der Waals surface area contributed by atoms with Crippen molar-refractivity contribution in [2.45, 2.75) is 6.54 Å². The molecule has 1 aliphatic heterocycles. The fourth-order valence-corrected chi connectivity index (χ4v) is 3.85. The van der Waals surface area contributed by atoms with E-state index in [1.807, 2.05) is 16.7 Å². The summed E-state index contributed by atoms with van der Waals surface area (Å²) in [6.07, 6.45) is 1.64. The van der Waals surface area contributed by atoms with Gasteiger partial charge in [-0.15, -0.1) is 0 Å². The van der Waals surface area contributed by atoms with Gasteiger partial charge in [-0.3, -0.25) is 24.3 Å². The average molecular weight is 371 g/mol. The van der Waals surface area contributed by atoms with Gasteiger partial charge in [0.15, 0.2) is 0 Å². The number of rotatable bonds is 3. The molecule has 0 fully saturated rings. The second-order valence-corrected chi connectivity index (χ2v) is 6.65. The Kier molecular flexibility index (Phi) is 3.33. The van der Waals surface area contributed by atoms with Gasteiger partial charge in [0.1, 0.15) is 5.56 Å². The third-order valence-corrected chi connectivity index (χ3v) is 5.06. The van der Waals surface area contributed by atoms with Gasteiger partial charge in [0.2, 0.25) is 5.43 Å². The third kappa shape index (κ3) is 2.16. The molecule has 3 heterocycles. The Morgan fingerprint density at radius 3 is 2.61 bits per heavy atom. The summed E-state index contributed by atoms with van der Waals surface area (Å²) in [5, 5.41) is 11.6. The van der Waals surface area contributed by atoms with Gasteiger partial charge in [0, 0.05) is 30.3 Å². The standard InChI is InChI=1S/C21H13N3O4/c25-20-15-7-1-2-8-16(15)23(12-13-5-3-6-14(11-13)24(27)28)19-17-9-4-10-22(17)21(26)18(19)20/h1-11H,12H2. The van der Waals surface area contributed by atoms with Crippen LogP contribution in [0.4, 0.5) is 5.69 Å². The van der Waals surface area contributed by atoms with Gasteiger partial charge in [-0.05, 0) is 29.8 Å². The zero-order valence-electron chi connectivity index (χ0n) is 14.5. The van der Waals surface area contributed by atoms with Crippen LogP contribution in [0.1, 0.15) is 15.9 Å². The van der Waals surface area contributed by atoms with E-state index in [2.05, 4.69) is 0 Å². The van der Waals surface area contributed by atoms with Gasteiger partial charge < -0.3 is 4.57 Å². The number of para-hydroxylation sites is 1. The van der Waals surface area contributed by atoms with Gasteiger partial charge in [0.05, 0.1) is 21.8 Å². The van der Waals surface area contributed by atoms with E-state index >= 15 is 0 Å². The zero-order chi connectivity index (χ0) is 19.4. The van der Waals surface area contributed by atoms with Gasteiger partial charge in [0.25, 0.3) is 11.6 Å². The fraction of sp³-hybridized carbons (Fsp3) is 0.0476. The number of aromatic nitrogens is 2. The van der Waals surface area contributed by atoms with E-state index in [-0.39, 0.29) is 22.6 Å². The van der Waals surface area contributed by atoms with E-state index in [0.717, 1.165) is 0 Å². The van der Waals surface area contributed by atoms with Crippen molar-refractivity contribution < 1.29 is 9.72 Å². The molecule has 0 radical (unpaired) electrons. The monoisotopic (exact) mass is 371 g/mol. The minimum atomic E-state index is -0.438. The van der Waals surface area contributed by atoms with E-state index in [0.29, 0.717) is 34.4 Å². The van der Waals surface area contributed by atoms with Crippen LogP contribution in [0.3, 0.4) is 0 Å². The van der Waals surface area contributed by atoms with Crippen molar-refractivity contribution in [2.75, 3.05) is 0 Å². The molecule has 0 saturated heterocycles. The van der Waals surface area contributed by atoms with E-state index in [1.165, 1.54) is 16.7 Å². The van der Waals surface area contributed by atoms with Crippen LogP contribution in [0.5, 0.6) is 0 Å². The maximum absolute atomic E-state index is 13.0. The van der Waals surface area contributed by atoms with Crippen LogP contribution in [0, 0.1) is 10.1 Å². The number of non-ortho nitro benzene ring substituents is 1. The molecule has 2 aromatic carbocycles. The average Bonchev–Trinajstić information content (AvgIpc) is 3.28. The summed E-state index contributed by atoms with van der Waals surface area (Å²) in [5.41, 5.74) is 2.43. The molecule has 0 N–H and O–H groups in total. The highest BCUT2D eigenvalue weighted by molar-refractivity contribution is 6.10. The third-order valence-electron chi connectivity index (χ3n) is 5.06. The van der Waals surface area contributed by atoms with E-state index < -0.39 is 4.92 Å². The first kappa shape index (κ1) is 16.2. The minimum Gasteiger partial charge on any atom is -0.334 e. The number of benzene rings is 2. The van der Waals surface area contributed by atoms with Crippen LogP contribution in [0.15, 0.2) is 71.7 Å². The second kappa shape index (κ2) is 5.75. The Bertz CT molecular complexity index is 1360. The molecule has 0 atom stereocenters. The zero-order valence-corrected chi connectivity index (χ0v) is 14.5. The van der Waals surface area contributed by atoms with E-state index in [4.69, 9.17) is 0 Å². The lowest BCUT2D eigenvalue weighted by molar-refractivity contribution is -0.384. The molecule has 0 amide bonds. The van der Waals surface area contributed by atoms with E-state index in [9.17, 15) is 19.7 Å². The molecule has 2 aromatic heterocycles. The first-order valence-corrected chi connectivity index (χ1v) is 8.67. The maximum atomic E-state index is 13.0. The fourth-order valence-electron chi connectivity index (χ4n) is 3.85. The Hall–Kier alpha value is -4.00. The first-order chi connectivity index (χ1) is 13.6. The number of nitro groups is 1. The molecule has 136 valence electrons. The molecule has 28 heavy (non-hydrogen) atoms.